The zero-order valence-electron chi connectivity index (χ0n) is 10.0. The maximum atomic E-state index is 13.6. The lowest BCUT2D eigenvalue weighted by Crippen LogP contribution is -2.14. The summed E-state index contributed by atoms with van der Waals surface area (Å²) >= 11 is 9.22. The molecule has 0 aliphatic heterocycles. The molecule has 0 spiro atoms. The van der Waals surface area contributed by atoms with Gasteiger partial charge in [0.15, 0.2) is 0 Å². The Kier molecular flexibility index (Phi) is 4.22. The molecule has 1 amide bonds. The Morgan fingerprint density at radius 2 is 1.95 bits per heavy atom. The topological polar surface area (TPSA) is 29.1 Å². The zero-order valence-corrected chi connectivity index (χ0v) is 12.3. The lowest BCUT2D eigenvalue weighted by atomic mass is 10.1. The minimum Gasteiger partial charge on any atom is -0.318 e. The highest BCUT2D eigenvalue weighted by molar-refractivity contribution is 9.10. The Hall–Kier alpha value is -1.39. The predicted molar refractivity (Wildman–Crippen MR) is 78.2 cm³/mol. The van der Waals surface area contributed by atoms with Gasteiger partial charge >= 0.3 is 0 Å². The lowest BCUT2D eigenvalue weighted by Gasteiger charge is -2.10. The first-order valence-electron chi connectivity index (χ1n) is 5.51. The summed E-state index contributed by atoms with van der Waals surface area (Å²) in [6.45, 7) is 1.81. The maximum absolute atomic E-state index is 13.6. The first kappa shape index (κ1) is 14.0. The van der Waals surface area contributed by atoms with Gasteiger partial charge in [-0.1, -0.05) is 39.7 Å². The van der Waals surface area contributed by atoms with Crippen molar-refractivity contribution in [3.63, 3.8) is 0 Å². The van der Waals surface area contributed by atoms with Crippen LogP contribution in [0.15, 0.2) is 40.9 Å². The van der Waals surface area contributed by atoms with Crippen LogP contribution in [0.5, 0.6) is 0 Å². The molecule has 0 fully saturated rings. The summed E-state index contributed by atoms with van der Waals surface area (Å²) in [7, 11) is 0. The Bertz CT molecular complexity index is 625. The molecule has 2 aromatic carbocycles. The quantitative estimate of drug-likeness (QED) is 0.834. The van der Waals surface area contributed by atoms with Gasteiger partial charge in [0, 0.05) is 10.0 Å². The van der Waals surface area contributed by atoms with Crippen molar-refractivity contribution >= 4 is 39.1 Å². The number of rotatable bonds is 2. The molecule has 2 aromatic rings. The second-order valence-electron chi connectivity index (χ2n) is 3.96. The molecule has 0 aromatic heterocycles. The van der Waals surface area contributed by atoms with Crippen LogP contribution >= 0.6 is 27.5 Å². The summed E-state index contributed by atoms with van der Waals surface area (Å²) in [5.41, 5.74) is 1.25. The maximum Gasteiger partial charge on any atom is 0.256 e. The second-order valence-corrected chi connectivity index (χ2v) is 5.22. The van der Waals surface area contributed by atoms with Gasteiger partial charge in [-0.2, -0.15) is 0 Å². The number of carbonyl (C=O) groups excluding carboxylic acids is 1. The summed E-state index contributed by atoms with van der Waals surface area (Å²) in [6.07, 6.45) is 0. The third-order valence-corrected chi connectivity index (χ3v) is 3.89. The van der Waals surface area contributed by atoms with Crippen LogP contribution in [-0.2, 0) is 0 Å². The molecule has 2 rings (SSSR count). The number of halogens is 3. The van der Waals surface area contributed by atoms with E-state index in [0.29, 0.717) is 5.56 Å². The third-order valence-electron chi connectivity index (χ3n) is 2.71. The predicted octanol–water partition coefficient (Wildman–Crippen LogP) is 4.80. The first-order valence-corrected chi connectivity index (χ1v) is 6.68. The number of amides is 1. The molecular weight excluding hydrogens is 333 g/mol. The SMILES string of the molecule is Cc1c(Br)cccc1C(=O)Nc1c(F)cccc1Cl. The molecule has 0 unspecified atom stereocenters. The third kappa shape index (κ3) is 2.96. The van der Waals surface area contributed by atoms with Crippen molar-refractivity contribution in [3.8, 4) is 0 Å². The number of hydrogen-bond donors (Lipinski definition) is 1. The van der Waals surface area contributed by atoms with Crippen LogP contribution in [0.25, 0.3) is 0 Å². The number of hydrogen-bond acceptors (Lipinski definition) is 1. The molecule has 0 saturated carbocycles. The second kappa shape index (κ2) is 5.72. The smallest absolute Gasteiger partial charge is 0.256 e. The van der Waals surface area contributed by atoms with Crippen LogP contribution in [0.3, 0.4) is 0 Å². The van der Waals surface area contributed by atoms with Gasteiger partial charge in [0.1, 0.15) is 5.82 Å². The lowest BCUT2D eigenvalue weighted by molar-refractivity contribution is 0.102. The van der Waals surface area contributed by atoms with Crippen LogP contribution in [-0.4, -0.2) is 5.91 Å². The van der Waals surface area contributed by atoms with Gasteiger partial charge in [0.2, 0.25) is 0 Å². The Morgan fingerprint density at radius 1 is 1.26 bits per heavy atom. The normalized spacial score (nSPS) is 10.3. The van der Waals surface area contributed by atoms with E-state index in [-0.39, 0.29) is 10.7 Å². The average Bonchev–Trinajstić information content (AvgIpc) is 2.37. The highest BCUT2D eigenvalue weighted by Gasteiger charge is 2.14. The molecule has 0 radical (unpaired) electrons. The van der Waals surface area contributed by atoms with Gasteiger partial charge < -0.3 is 5.32 Å². The van der Waals surface area contributed by atoms with E-state index in [4.69, 9.17) is 11.6 Å². The van der Waals surface area contributed by atoms with Crippen LogP contribution in [0.4, 0.5) is 10.1 Å². The minimum atomic E-state index is -0.562. The summed E-state index contributed by atoms with van der Waals surface area (Å²) in [4.78, 5) is 12.1. The van der Waals surface area contributed by atoms with E-state index in [1.54, 1.807) is 12.1 Å². The highest BCUT2D eigenvalue weighted by Crippen LogP contribution is 2.26. The number of nitrogens with one attached hydrogen (secondary N) is 1. The number of para-hydroxylation sites is 1. The van der Waals surface area contributed by atoms with E-state index in [9.17, 15) is 9.18 Å². The van der Waals surface area contributed by atoms with E-state index in [2.05, 4.69) is 21.2 Å². The Labute approximate surface area is 123 Å². The number of anilines is 1. The first-order chi connectivity index (χ1) is 9.00. The summed E-state index contributed by atoms with van der Waals surface area (Å²) in [5.74, 6) is -0.959. The van der Waals surface area contributed by atoms with Crippen molar-refractivity contribution < 1.29 is 9.18 Å². The zero-order chi connectivity index (χ0) is 14.0. The fourth-order valence-electron chi connectivity index (χ4n) is 1.65. The monoisotopic (exact) mass is 341 g/mol. The van der Waals surface area contributed by atoms with E-state index >= 15 is 0 Å². The van der Waals surface area contributed by atoms with E-state index < -0.39 is 11.7 Å². The van der Waals surface area contributed by atoms with Gasteiger partial charge in [-0.05, 0) is 36.8 Å². The van der Waals surface area contributed by atoms with Gasteiger partial charge in [0.25, 0.3) is 5.91 Å². The number of benzene rings is 2. The molecule has 0 atom stereocenters. The molecule has 0 heterocycles. The highest BCUT2D eigenvalue weighted by atomic mass is 79.9. The molecule has 19 heavy (non-hydrogen) atoms. The van der Waals surface area contributed by atoms with Crippen molar-refractivity contribution in [2.75, 3.05) is 5.32 Å². The van der Waals surface area contributed by atoms with E-state index in [1.165, 1.54) is 18.2 Å². The van der Waals surface area contributed by atoms with Crippen LogP contribution < -0.4 is 5.32 Å². The summed E-state index contributed by atoms with van der Waals surface area (Å²) < 4.78 is 14.4. The van der Waals surface area contributed by atoms with Crippen molar-refractivity contribution in [1.29, 1.82) is 0 Å². The Morgan fingerprint density at radius 3 is 2.63 bits per heavy atom. The molecule has 5 heteroatoms. The molecule has 0 aliphatic rings. The minimum absolute atomic E-state index is 0.00598. The van der Waals surface area contributed by atoms with Gasteiger partial charge in [0.05, 0.1) is 10.7 Å². The molecule has 0 aliphatic carbocycles. The fraction of sp³-hybridized carbons (Fsp3) is 0.0714. The Balaban J connectivity index is 2.34. The van der Waals surface area contributed by atoms with Crippen LogP contribution in [0, 0.1) is 12.7 Å². The van der Waals surface area contributed by atoms with Crippen LogP contribution in [0.2, 0.25) is 5.02 Å². The summed E-state index contributed by atoms with van der Waals surface area (Å²) in [5, 5.41) is 2.66. The van der Waals surface area contributed by atoms with Gasteiger partial charge in [-0.15, -0.1) is 0 Å². The average molecular weight is 343 g/mol. The molecular formula is C14H10BrClFNO. The van der Waals surface area contributed by atoms with Crippen LogP contribution in [0.1, 0.15) is 15.9 Å². The van der Waals surface area contributed by atoms with E-state index in [1.807, 2.05) is 13.0 Å². The van der Waals surface area contributed by atoms with E-state index in [0.717, 1.165) is 10.0 Å². The van der Waals surface area contributed by atoms with Crippen molar-refractivity contribution in [2.24, 2.45) is 0 Å². The fourth-order valence-corrected chi connectivity index (χ4v) is 2.23. The molecule has 98 valence electrons. The molecule has 2 nitrogen and oxygen atoms in total. The molecule has 0 bridgehead atoms. The summed E-state index contributed by atoms with van der Waals surface area (Å²) in [6, 6.07) is 9.50. The number of carbonyl (C=O) groups is 1. The van der Waals surface area contributed by atoms with Crippen molar-refractivity contribution in [2.45, 2.75) is 6.92 Å². The standard InChI is InChI=1S/C14H10BrClFNO/c1-8-9(4-2-5-10(8)15)14(19)18-13-11(16)6-3-7-12(13)17/h2-7H,1H3,(H,18,19). The molecule has 0 saturated heterocycles. The van der Waals surface area contributed by atoms with Crippen molar-refractivity contribution in [3.05, 3.63) is 62.8 Å². The van der Waals surface area contributed by atoms with Gasteiger partial charge in [-0.25, -0.2) is 4.39 Å². The molecule has 1 N–H and O–H groups in total. The largest absolute Gasteiger partial charge is 0.318 e. The van der Waals surface area contributed by atoms with Gasteiger partial charge in [-0.3, -0.25) is 4.79 Å². The van der Waals surface area contributed by atoms with Crippen molar-refractivity contribution in [1.82, 2.24) is 0 Å².